The van der Waals surface area contributed by atoms with Crippen molar-refractivity contribution >= 4 is 0 Å². The number of hydrogen-bond acceptors (Lipinski definition) is 3. The summed E-state index contributed by atoms with van der Waals surface area (Å²) < 4.78 is 1.93. The normalized spacial score (nSPS) is 11.2. The van der Waals surface area contributed by atoms with Gasteiger partial charge in [-0.3, -0.25) is 4.68 Å². The zero-order chi connectivity index (χ0) is 11.1. The summed E-state index contributed by atoms with van der Waals surface area (Å²) in [5.41, 5.74) is 1.08. The molecule has 0 radical (unpaired) electrons. The molecule has 0 saturated carbocycles. The molecule has 1 N–H and O–H groups in total. The number of nitrogens with one attached hydrogen (secondary N) is 1. The van der Waals surface area contributed by atoms with Crippen LogP contribution in [0.2, 0.25) is 0 Å². The fourth-order valence-electron chi connectivity index (χ4n) is 1.43. The van der Waals surface area contributed by atoms with Crippen LogP contribution in [0, 0.1) is 5.92 Å². The minimum absolute atomic E-state index is 0.623. The Bertz CT molecular complexity index is 267. The standard InChI is InChI=1S/C11H22N4/c1-4-6-12-7-5-11-9-15(14-13-11)8-10(2)3/h9-10,12H,4-8H2,1-3H3. The quantitative estimate of drug-likeness (QED) is 0.693. The monoisotopic (exact) mass is 210 g/mol. The molecule has 0 atom stereocenters. The van der Waals surface area contributed by atoms with Gasteiger partial charge in [0, 0.05) is 25.7 Å². The molecule has 0 saturated heterocycles. The first-order valence-electron chi connectivity index (χ1n) is 5.82. The van der Waals surface area contributed by atoms with Crippen LogP contribution in [0.5, 0.6) is 0 Å². The number of nitrogens with zero attached hydrogens (tertiary/aromatic N) is 3. The average Bonchev–Trinajstić information content (AvgIpc) is 2.59. The molecule has 1 aromatic rings. The first kappa shape index (κ1) is 12.2. The Morgan fingerprint density at radius 2 is 2.20 bits per heavy atom. The van der Waals surface area contributed by atoms with E-state index in [-0.39, 0.29) is 0 Å². The van der Waals surface area contributed by atoms with Crippen LogP contribution < -0.4 is 5.32 Å². The van der Waals surface area contributed by atoms with Crippen LogP contribution in [-0.4, -0.2) is 28.1 Å². The molecule has 0 bridgehead atoms. The van der Waals surface area contributed by atoms with E-state index in [0.29, 0.717) is 5.92 Å². The van der Waals surface area contributed by atoms with E-state index in [1.807, 2.05) is 10.9 Å². The molecule has 0 spiro atoms. The average molecular weight is 210 g/mol. The second-order valence-electron chi connectivity index (χ2n) is 4.33. The summed E-state index contributed by atoms with van der Waals surface area (Å²) in [6, 6.07) is 0. The van der Waals surface area contributed by atoms with E-state index < -0.39 is 0 Å². The lowest BCUT2D eigenvalue weighted by atomic mass is 10.2. The maximum absolute atomic E-state index is 4.14. The van der Waals surface area contributed by atoms with Gasteiger partial charge in [-0.2, -0.15) is 0 Å². The summed E-state index contributed by atoms with van der Waals surface area (Å²) in [6.07, 6.45) is 4.20. The minimum atomic E-state index is 0.623. The maximum Gasteiger partial charge on any atom is 0.0839 e. The van der Waals surface area contributed by atoms with Gasteiger partial charge < -0.3 is 5.32 Å². The van der Waals surface area contributed by atoms with Crippen molar-refractivity contribution in [3.63, 3.8) is 0 Å². The van der Waals surface area contributed by atoms with Crippen molar-refractivity contribution in [3.8, 4) is 0 Å². The lowest BCUT2D eigenvalue weighted by molar-refractivity contribution is 0.472. The van der Waals surface area contributed by atoms with Crippen molar-refractivity contribution in [2.45, 2.75) is 40.2 Å². The van der Waals surface area contributed by atoms with Crippen molar-refractivity contribution in [1.82, 2.24) is 20.3 Å². The molecule has 4 nitrogen and oxygen atoms in total. The van der Waals surface area contributed by atoms with Crippen molar-refractivity contribution in [2.24, 2.45) is 5.92 Å². The van der Waals surface area contributed by atoms with Crippen molar-refractivity contribution in [1.29, 1.82) is 0 Å². The van der Waals surface area contributed by atoms with Crippen LogP contribution >= 0.6 is 0 Å². The third kappa shape index (κ3) is 4.93. The summed E-state index contributed by atoms with van der Waals surface area (Å²) >= 11 is 0. The predicted molar refractivity (Wildman–Crippen MR) is 61.7 cm³/mol. The summed E-state index contributed by atoms with van der Waals surface area (Å²) in [5, 5.41) is 11.6. The SMILES string of the molecule is CCCNCCc1cn(CC(C)C)nn1. The molecular weight excluding hydrogens is 188 g/mol. The topological polar surface area (TPSA) is 42.7 Å². The summed E-state index contributed by atoms with van der Waals surface area (Å²) in [6.45, 7) is 9.57. The highest BCUT2D eigenvalue weighted by atomic mass is 15.4. The second kappa shape index (κ2) is 6.56. The number of aromatic nitrogens is 3. The van der Waals surface area contributed by atoms with Gasteiger partial charge in [-0.05, 0) is 18.9 Å². The predicted octanol–water partition coefficient (Wildman–Crippen LogP) is 1.48. The Hall–Kier alpha value is -0.900. The van der Waals surface area contributed by atoms with Gasteiger partial charge in [0.05, 0.1) is 5.69 Å². The van der Waals surface area contributed by atoms with E-state index >= 15 is 0 Å². The van der Waals surface area contributed by atoms with E-state index in [4.69, 9.17) is 0 Å². The van der Waals surface area contributed by atoms with Gasteiger partial charge in [-0.25, -0.2) is 0 Å². The first-order valence-corrected chi connectivity index (χ1v) is 5.82. The highest BCUT2D eigenvalue weighted by Gasteiger charge is 2.01. The van der Waals surface area contributed by atoms with Gasteiger partial charge in [0.2, 0.25) is 0 Å². The van der Waals surface area contributed by atoms with Gasteiger partial charge in [0.15, 0.2) is 0 Å². The van der Waals surface area contributed by atoms with E-state index in [1.54, 1.807) is 0 Å². The molecule has 1 aromatic heterocycles. The van der Waals surface area contributed by atoms with Crippen molar-refractivity contribution < 1.29 is 0 Å². The van der Waals surface area contributed by atoms with Gasteiger partial charge in [-0.1, -0.05) is 26.0 Å². The Morgan fingerprint density at radius 1 is 1.40 bits per heavy atom. The Morgan fingerprint density at radius 3 is 2.87 bits per heavy atom. The van der Waals surface area contributed by atoms with Gasteiger partial charge in [0.25, 0.3) is 0 Å². The zero-order valence-corrected chi connectivity index (χ0v) is 10.0. The third-order valence-corrected chi connectivity index (χ3v) is 2.12. The largest absolute Gasteiger partial charge is 0.316 e. The van der Waals surface area contributed by atoms with Crippen molar-refractivity contribution in [3.05, 3.63) is 11.9 Å². The van der Waals surface area contributed by atoms with E-state index in [2.05, 4.69) is 36.4 Å². The molecule has 0 unspecified atom stereocenters. The number of rotatable bonds is 7. The molecule has 0 fully saturated rings. The molecule has 0 amide bonds. The van der Waals surface area contributed by atoms with Gasteiger partial charge >= 0.3 is 0 Å². The van der Waals surface area contributed by atoms with Crippen LogP contribution in [0.15, 0.2) is 6.20 Å². The van der Waals surface area contributed by atoms with Crippen LogP contribution in [0.3, 0.4) is 0 Å². The Balaban J connectivity index is 2.26. The van der Waals surface area contributed by atoms with E-state index in [9.17, 15) is 0 Å². The maximum atomic E-state index is 4.14. The molecule has 86 valence electrons. The zero-order valence-electron chi connectivity index (χ0n) is 10.0. The molecule has 0 aromatic carbocycles. The molecule has 0 aliphatic carbocycles. The fourth-order valence-corrected chi connectivity index (χ4v) is 1.43. The summed E-state index contributed by atoms with van der Waals surface area (Å²) in [5.74, 6) is 0.623. The molecular formula is C11H22N4. The number of hydrogen-bond donors (Lipinski definition) is 1. The van der Waals surface area contributed by atoms with Crippen LogP contribution in [-0.2, 0) is 13.0 Å². The lowest BCUT2D eigenvalue weighted by Crippen LogP contribution is -2.17. The van der Waals surface area contributed by atoms with Crippen molar-refractivity contribution in [2.75, 3.05) is 13.1 Å². The fraction of sp³-hybridized carbons (Fsp3) is 0.818. The van der Waals surface area contributed by atoms with Crippen LogP contribution in [0.4, 0.5) is 0 Å². The van der Waals surface area contributed by atoms with Crippen LogP contribution in [0.25, 0.3) is 0 Å². The second-order valence-corrected chi connectivity index (χ2v) is 4.33. The van der Waals surface area contributed by atoms with E-state index in [1.165, 1.54) is 6.42 Å². The summed E-state index contributed by atoms with van der Waals surface area (Å²) in [4.78, 5) is 0. The smallest absolute Gasteiger partial charge is 0.0839 e. The first-order chi connectivity index (χ1) is 7.22. The third-order valence-electron chi connectivity index (χ3n) is 2.12. The molecule has 1 heterocycles. The highest BCUT2D eigenvalue weighted by molar-refractivity contribution is 4.92. The lowest BCUT2D eigenvalue weighted by Gasteiger charge is -2.02. The Labute approximate surface area is 92.1 Å². The minimum Gasteiger partial charge on any atom is -0.316 e. The van der Waals surface area contributed by atoms with Gasteiger partial charge in [0.1, 0.15) is 0 Å². The molecule has 15 heavy (non-hydrogen) atoms. The van der Waals surface area contributed by atoms with Crippen LogP contribution in [0.1, 0.15) is 32.9 Å². The molecule has 0 aliphatic rings. The molecule has 1 rings (SSSR count). The van der Waals surface area contributed by atoms with Gasteiger partial charge in [-0.15, -0.1) is 5.10 Å². The Kier molecular flexibility index (Phi) is 5.32. The molecule has 0 aliphatic heterocycles. The summed E-state index contributed by atoms with van der Waals surface area (Å²) in [7, 11) is 0. The molecule has 4 heteroatoms. The van der Waals surface area contributed by atoms with E-state index in [0.717, 1.165) is 31.7 Å². The highest BCUT2D eigenvalue weighted by Crippen LogP contribution is 1.99.